The molecule has 0 spiro atoms. The Morgan fingerprint density at radius 1 is 1.17 bits per heavy atom. The number of aryl methyl sites for hydroxylation is 1. The lowest BCUT2D eigenvalue weighted by atomic mass is 9.98. The average Bonchev–Trinajstić information content (AvgIpc) is 2.74. The number of nitrogens with zero attached hydrogens (tertiary/aromatic N) is 2. The Hall–Kier alpha value is -3.13. The standard InChI is InChI=1S/C21H23N3O5/c1-14-2-5-20-16(12-14)17(6-9-29-20)22-21(25)15-3-4-18(19(13-15)24(26)27)23-7-10-28-11-8-23/h2-5,12-13,17H,6-11H2,1H3,(H,22,25). The summed E-state index contributed by atoms with van der Waals surface area (Å²) in [6.07, 6.45) is 0.649. The Labute approximate surface area is 168 Å². The zero-order valence-corrected chi connectivity index (χ0v) is 16.2. The number of amides is 1. The quantitative estimate of drug-likeness (QED) is 0.630. The lowest BCUT2D eigenvalue weighted by Gasteiger charge is -2.29. The Bertz CT molecular complexity index is 940. The number of fused-ring (bicyclic) bond motifs is 1. The molecule has 0 saturated carbocycles. The van der Waals surface area contributed by atoms with Crippen LogP contribution in [0.3, 0.4) is 0 Å². The van der Waals surface area contributed by atoms with Crippen LogP contribution in [-0.2, 0) is 4.74 Å². The number of hydrogen-bond acceptors (Lipinski definition) is 6. The van der Waals surface area contributed by atoms with Crippen molar-refractivity contribution < 1.29 is 19.2 Å². The first kappa shape index (κ1) is 19.2. The SMILES string of the molecule is Cc1ccc2c(c1)C(NC(=O)c1ccc(N3CCOCC3)c([N+](=O)[O-])c1)CCO2. The smallest absolute Gasteiger partial charge is 0.293 e. The molecule has 8 heteroatoms. The number of carbonyl (C=O) groups is 1. The summed E-state index contributed by atoms with van der Waals surface area (Å²) in [5.41, 5.74) is 2.74. The van der Waals surface area contributed by atoms with E-state index in [1.54, 1.807) is 12.1 Å². The van der Waals surface area contributed by atoms with Crippen molar-refractivity contribution in [3.05, 3.63) is 63.2 Å². The maximum Gasteiger partial charge on any atom is 0.293 e. The lowest BCUT2D eigenvalue weighted by molar-refractivity contribution is -0.384. The molecule has 1 fully saturated rings. The zero-order valence-electron chi connectivity index (χ0n) is 16.2. The van der Waals surface area contributed by atoms with Crippen molar-refractivity contribution >= 4 is 17.3 Å². The Morgan fingerprint density at radius 3 is 2.72 bits per heavy atom. The normalized spacial score (nSPS) is 18.5. The third-order valence-electron chi connectivity index (χ3n) is 5.30. The maximum atomic E-state index is 12.9. The van der Waals surface area contributed by atoms with E-state index in [-0.39, 0.29) is 23.2 Å². The first-order valence-corrected chi connectivity index (χ1v) is 9.68. The van der Waals surface area contributed by atoms with Crippen molar-refractivity contribution in [3.63, 3.8) is 0 Å². The number of carbonyl (C=O) groups excluding carboxylic acids is 1. The molecule has 1 saturated heterocycles. The second kappa shape index (κ2) is 8.08. The summed E-state index contributed by atoms with van der Waals surface area (Å²) in [4.78, 5) is 26.0. The van der Waals surface area contributed by atoms with Gasteiger partial charge in [-0.05, 0) is 25.1 Å². The van der Waals surface area contributed by atoms with E-state index < -0.39 is 4.92 Å². The molecule has 1 atom stereocenters. The molecule has 2 heterocycles. The highest BCUT2D eigenvalue weighted by atomic mass is 16.6. The molecule has 29 heavy (non-hydrogen) atoms. The van der Waals surface area contributed by atoms with Crippen LogP contribution in [0.2, 0.25) is 0 Å². The van der Waals surface area contributed by atoms with E-state index in [0.29, 0.717) is 45.0 Å². The molecule has 2 aliphatic rings. The van der Waals surface area contributed by atoms with Gasteiger partial charge in [0.1, 0.15) is 11.4 Å². The minimum atomic E-state index is -0.436. The largest absolute Gasteiger partial charge is 0.493 e. The first-order chi connectivity index (χ1) is 14.0. The Balaban J connectivity index is 1.57. The number of nitro benzene ring substituents is 1. The maximum absolute atomic E-state index is 12.9. The fourth-order valence-electron chi connectivity index (χ4n) is 3.79. The second-order valence-electron chi connectivity index (χ2n) is 7.26. The monoisotopic (exact) mass is 397 g/mol. The summed E-state index contributed by atoms with van der Waals surface area (Å²) in [6.45, 7) is 4.73. The van der Waals surface area contributed by atoms with Gasteiger partial charge in [-0.25, -0.2) is 0 Å². The third kappa shape index (κ3) is 4.02. The highest BCUT2D eigenvalue weighted by molar-refractivity contribution is 5.96. The number of hydrogen-bond donors (Lipinski definition) is 1. The molecular formula is C21H23N3O5. The van der Waals surface area contributed by atoms with Crippen LogP contribution in [0.5, 0.6) is 5.75 Å². The molecule has 152 valence electrons. The molecule has 1 amide bonds. The molecule has 8 nitrogen and oxygen atoms in total. The van der Waals surface area contributed by atoms with Gasteiger partial charge in [0.25, 0.3) is 11.6 Å². The van der Waals surface area contributed by atoms with Crippen molar-refractivity contribution in [2.45, 2.75) is 19.4 Å². The van der Waals surface area contributed by atoms with Gasteiger partial charge < -0.3 is 19.7 Å². The van der Waals surface area contributed by atoms with E-state index in [4.69, 9.17) is 9.47 Å². The highest BCUT2D eigenvalue weighted by Crippen LogP contribution is 2.34. The van der Waals surface area contributed by atoms with E-state index in [9.17, 15) is 14.9 Å². The van der Waals surface area contributed by atoms with Crippen molar-refractivity contribution in [2.75, 3.05) is 37.8 Å². The van der Waals surface area contributed by atoms with Crippen LogP contribution >= 0.6 is 0 Å². The molecule has 0 radical (unpaired) electrons. The van der Waals surface area contributed by atoms with Crippen LogP contribution in [-0.4, -0.2) is 43.7 Å². The van der Waals surface area contributed by atoms with Crippen LogP contribution in [0.1, 0.15) is 33.9 Å². The molecule has 1 unspecified atom stereocenters. The molecule has 2 aromatic rings. The van der Waals surface area contributed by atoms with E-state index in [2.05, 4.69) is 5.32 Å². The molecule has 2 aliphatic heterocycles. The first-order valence-electron chi connectivity index (χ1n) is 9.68. The lowest BCUT2D eigenvalue weighted by Crippen LogP contribution is -2.36. The Kier molecular flexibility index (Phi) is 5.35. The zero-order chi connectivity index (χ0) is 20.4. The average molecular weight is 397 g/mol. The van der Waals surface area contributed by atoms with Gasteiger partial charge in [-0.3, -0.25) is 14.9 Å². The minimum Gasteiger partial charge on any atom is -0.493 e. The van der Waals surface area contributed by atoms with Gasteiger partial charge >= 0.3 is 0 Å². The highest BCUT2D eigenvalue weighted by Gasteiger charge is 2.26. The molecule has 0 aromatic heterocycles. The van der Waals surface area contributed by atoms with Crippen LogP contribution in [0, 0.1) is 17.0 Å². The van der Waals surface area contributed by atoms with E-state index in [1.807, 2.05) is 30.0 Å². The summed E-state index contributed by atoms with van der Waals surface area (Å²) in [5.74, 6) is 0.432. The number of nitro groups is 1. The third-order valence-corrected chi connectivity index (χ3v) is 5.30. The van der Waals surface area contributed by atoms with E-state index in [1.165, 1.54) is 6.07 Å². The topological polar surface area (TPSA) is 93.9 Å². The second-order valence-corrected chi connectivity index (χ2v) is 7.26. The number of ether oxygens (including phenoxy) is 2. The molecule has 0 bridgehead atoms. The minimum absolute atomic E-state index is 0.0669. The predicted octanol–water partition coefficient (Wildman–Crippen LogP) is 2.99. The van der Waals surface area contributed by atoms with E-state index in [0.717, 1.165) is 16.9 Å². The predicted molar refractivity (Wildman–Crippen MR) is 108 cm³/mol. The number of benzene rings is 2. The number of morpholine rings is 1. The molecule has 0 aliphatic carbocycles. The number of rotatable bonds is 4. The molecule has 4 rings (SSSR count). The van der Waals surface area contributed by atoms with Crippen molar-refractivity contribution in [2.24, 2.45) is 0 Å². The fraction of sp³-hybridized carbons (Fsp3) is 0.381. The van der Waals surface area contributed by atoms with Gasteiger partial charge in [-0.1, -0.05) is 17.7 Å². The number of anilines is 1. The van der Waals surface area contributed by atoms with Crippen molar-refractivity contribution in [1.29, 1.82) is 0 Å². The van der Waals surface area contributed by atoms with Crippen molar-refractivity contribution in [3.8, 4) is 5.75 Å². The molecule has 1 N–H and O–H groups in total. The van der Waals surface area contributed by atoms with Crippen LogP contribution in [0.25, 0.3) is 0 Å². The van der Waals surface area contributed by atoms with Gasteiger partial charge in [-0.15, -0.1) is 0 Å². The van der Waals surface area contributed by atoms with Crippen LogP contribution in [0.4, 0.5) is 11.4 Å². The molecule has 2 aromatic carbocycles. The van der Waals surface area contributed by atoms with Gasteiger partial charge in [-0.2, -0.15) is 0 Å². The van der Waals surface area contributed by atoms with E-state index >= 15 is 0 Å². The van der Waals surface area contributed by atoms with Gasteiger partial charge in [0.05, 0.1) is 30.8 Å². The van der Waals surface area contributed by atoms with Gasteiger partial charge in [0.2, 0.25) is 0 Å². The summed E-state index contributed by atoms with van der Waals surface area (Å²) < 4.78 is 11.0. The van der Waals surface area contributed by atoms with Gasteiger partial charge in [0.15, 0.2) is 0 Å². The summed E-state index contributed by atoms with van der Waals surface area (Å²) in [6, 6.07) is 10.3. The summed E-state index contributed by atoms with van der Waals surface area (Å²) in [7, 11) is 0. The molecular weight excluding hydrogens is 374 g/mol. The number of nitrogens with one attached hydrogen (secondary N) is 1. The summed E-state index contributed by atoms with van der Waals surface area (Å²) >= 11 is 0. The van der Waals surface area contributed by atoms with Gasteiger partial charge in [0, 0.05) is 36.7 Å². The van der Waals surface area contributed by atoms with Crippen molar-refractivity contribution in [1.82, 2.24) is 5.32 Å². The fourth-order valence-corrected chi connectivity index (χ4v) is 3.79. The van der Waals surface area contributed by atoms with Crippen LogP contribution in [0.15, 0.2) is 36.4 Å². The summed E-state index contributed by atoms with van der Waals surface area (Å²) in [5, 5.41) is 14.6. The van der Waals surface area contributed by atoms with Crippen LogP contribution < -0.4 is 15.0 Å². The Morgan fingerprint density at radius 2 is 1.97 bits per heavy atom.